The number of nitrogens with zero attached hydrogens (tertiary/aromatic N) is 5. The van der Waals surface area contributed by atoms with E-state index in [-0.39, 0.29) is 11.4 Å². The number of pyridine rings is 1. The summed E-state index contributed by atoms with van der Waals surface area (Å²) in [6, 6.07) is 13.4. The average molecular weight is 426 g/mol. The van der Waals surface area contributed by atoms with Crippen LogP contribution >= 0.6 is 0 Å². The summed E-state index contributed by atoms with van der Waals surface area (Å²) in [5, 5.41) is 6.33. The van der Waals surface area contributed by atoms with Crippen molar-refractivity contribution in [2.45, 2.75) is 13.3 Å². The zero-order valence-electron chi connectivity index (χ0n) is 17.5. The van der Waals surface area contributed by atoms with Crippen LogP contribution in [0.1, 0.15) is 21.5 Å². The first-order chi connectivity index (χ1) is 15.6. The molecule has 0 bridgehead atoms. The molecule has 0 aliphatic rings. The molecule has 4 N–H and O–H groups in total. The minimum Gasteiger partial charge on any atom is -0.365 e. The van der Waals surface area contributed by atoms with E-state index in [9.17, 15) is 4.79 Å². The van der Waals surface area contributed by atoms with Gasteiger partial charge in [-0.05, 0) is 25.0 Å². The molecular weight excluding hydrogens is 404 g/mol. The summed E-state index contributed by atoms with van der Waals surface area (Å²) in [7, 11) is 0. The van der Waals surface area contributed by atoms with Crippen molar-refractivity contribution in [1.29, 1.82) is 0 Å². The van der Waals surface area contributed by atoms with Crippen LogP contribution in [0.2, 0.25) is 0 Å². The Labute approximate surface area is 185 Å². The average Bonchev–Trinajstić information content (AvgIpc) is 2.82. The van der Waals surface area contributed by atoms with Crippen molar-refractivity contribution in [3.63, 3.8) is 0 Å². The van der Waals surface area contributed by atoms with Crippen LogP contribution in [0.3, 0.4) is 0 Å². The molecule has 9 heteroatoms. The van der Waals surface area contributed by atoms with E-state index in [1.54, 1.807) is 12.4 Å². The Bertz CT molecular complexity index is 1220. The van der Waals surface area contributed by atoms with Crippen LogP contribution < -0.4 is 16.4 Å². The van der Waals surface area contributed by atoms with E-state index in [4.69, 9.17) is 5.73 Å². The summed E-state index contributed by atoms with van der Waals surface area (Å²) in [5.74, 6) is 1.10. The van der Waals surface area contributed by atoms with Crippen molar-refractivity contribution in [1.82, 2.24) is 24.9 Å². The van der Waals surface area contributed by atoms with Gasteiger partial charge in [-0.25, -0.2) is 15.0 Å². The highest BCUT2D eigenvalue weighted by atomic mass is 16.1. The molecule has 0 fully saturated rings. The molecule has 0 atom stereocenters. The molecule has 1 amide bonds. The topological polar surface area (TPSA) is 132 Å². The first kappa shape index (κ1) is 20.9. The molecule has 3 heterocycles. The number of aromatic nitrogens is 5. The lowest BCUT2D eigenvalue weighted by molar-refractivity contribution is 0.100. The summed E-state index contributed by atoms with van der Waals surface area (Å²) < 4.78 is 0. The summed E-state index contributed by atoms with van der Waals surface area (Å²) in [4.78, 5) is 33.7. The predicted octanol–water partition coefficient (Wildman–Crippen LogP) is 3.13. The van der Waals surface area contributed by atoms with Gasteiger partial charge in [0, 0.05) is 42.5 Å². The Morgan fingerprint density at radius 3 is 2.56 bits per heavy atom. The number of nitrogens with one attached hydrogen (secondary N) is 2. The van der Waals surface area contributed by atoms with Gasteiger partial charge in [0.25, 0.3) is 5.91 Å². The van der Waals surface area contributed by atoms with Crippen LogP contribution in [-0.4, -0.2) is 37.4 Å². The number of hydrogen-bond acceptors (Lipinski definition) is 8. The van der Waals surface area contributed by atoms with Crippen molar-refractivity contribution < 1.29 is 4.79 Å². The third-order valence-corrected chi connectivity index (χ3v) is 4.71. The second-order valence-corrected chi connectivity index (χ2v) is 7.07. The second-order valence-electron chi connectivity index (χ2n) is 7.07. The molecule has 3 aromatic heterocycles. The number of carbonyl (C=O) groups is 1. The van der Waals surface area contributed by atoms with Gasteiger partial charge in [-0.1, -0.05) is 36.4 Å². The van der Waals surface area contributed by atoms with Gasteiger partial charge in [0.1, 0.15) is 17.2 Å². The van der Waals surface area contributed by atoms with Crippen LogP contribution in [0.4, 0.5) is 17.6 Å². The van der Waals surface area contributed by atoms with Crippen LogP contribution in [0, 0.1) is 6.92 Å². The van der Waals surface area contributed by atoms with Gasteiger partial charge in [0.05, 0.1) is 0 Å². The highest BCUT2D eigenvalue weighted by molar-refractivity contribution is 5.98. The molecule has 4 rings (SSSR count). The van der Waals surface area contributed by atoms with Crippen molar-refractivity contribution in [3.8, 4) is 11.4 Å². The lowest BCUT2D eigenvalue weighted by atomic mass is 10.2. The Morgan fingerprint density at radius 2 is 1.81 bits per heavy atom. The predicted molar refractivity (Wildman–Crippen MR) is 122 cm³/mol. The molecule has 1 aromatic carbocycles. The Kier molecular flexibility index (Phi) is 6.26. The summed E-state index contributed by atoms with van der Waals surface area (Å²) >= 11 is 0. The molecule has 0 saturated heterocycles. The number of primary amides is 1. The molecule has 0 aliphatic heterocycles. The van der Waals surface area contributed by atoms with Crippen LogP contribution in [0.25, 0.3) is 11.4 Å². The zero-order valence-corrected chi connectivity index (χ0v) is 17.5. The highest BCUT2D eigenvalue weighted by Crippen LogP contribution is 2.23. The molecule has 0 spiro atoms. The molecule has 160 valence electrons. The minimum atomic E-state index is -0.631. The van der Waals surface area contributed by atoms with Gasteiger partial charge in [-0.2, -0.15) is 4.98 Å². The van der Waals surface area contributed by atoms with Crippen molar-refractivity contribution in [3.05, 3.63) is 83.9 Å². The van der Waals surface area contributed by atoms with Crippen molar-refractivity contribution >= 4 is 23.5 Å². The number of aryl methyl sites for hydroxylation is 1. The standard InChI is InChI=1S/C23H22N8O/c1-15-12-28-23(26-11-9-16-6-5-10-25-13-16)31-20(15)29-22-18(19(24)32)14-27-21(30-22)17-7-3-2-4-8-17/h2-8,10,12-14H,9,11H2,1H3,(H2,24,32)(H2,26,27,28,29,30,31). The Hall–Kier alpha value is -4.40. The number of nitrogens with two attached hydrogens (primary N) is 1. The van der Waals surface area contributed by atoms with E-state index in [1.807, 2.05) is 55.6 Å². The van der Waals surface area contributed by atoms with Gasteiger partial charge >= 0.3 is 0 Å². The molecule has 32 heavy (non-hydrogen) atoms. The maximum absolute atomic E-state index is 11.9. The fourth-order valence-corrected chi connectivity index (χ4v) is 3.01. The third kappa shape index (κ3) is 5.01. The smallest absolute Gasteiger partial charge is 0.254 e. The van der Waals surface area contributed by atoms with Crippen molar-refractivity contribution in [2.24, 2.45) is 5.73 Å². The molecule has 0 radical (unpaired) electrons. The number of carbonyl (C=O) groups excluding carboxylic acids is 1. The van der Waals surface area contributed by atoms with E-state index >= 15 is 0 Å². The Morgan fingerprint density at radius 1 is 0.969 bits per heavy atom. The van der Waals surface area contributed by atoms with E-state index < -0.39 is 5.91 Å². The fourth-order valence-electron chi connectivity index (χ4n) is 3.01. The quantitative estimate of drug-likeness (QED) is 0.391. The third-order valence-electron chi connectivity index (χ3n) is 4.71. The SMILES string of the molecule is Cc1cnc(NCCc2cccnc2)nc1Nc1nc(-c2ccccc2)ncc1C(N)=O. The lowest BCUT2D eigenvalue weighted by Crippen LogP contribution is -2.16. The van der Waals surface area contributed by atoms with Crippen LogP contribution in [0.15, 0.2) is 67.3 Å². The number of rotatable bonds is 8. The minimum absolute atomic E-state index is 0.175. The van der Waals surface area contributed by atoms with Crippen LogP contribution in [0.5, 0.6) is 0 Å². The number of hydrogen-bond donors (Lipinski definition) is 3. The van der Waals surface area contributed by atoms with Gasteiger partial charge in [-0.15, -0.1) is 0 Å². The second kappa shape index (κ2) is 9.61. The normalized spacial score (nSPS) is 10.5. The first-order valence-electron chi connectivity index (χ1n) is 10.1. The lowest BCUT2D eigenvalue weighted by Gasteiger charge is -2.13. The Balaban J connectivity index is 1.56. The van der Waals surface area contributed by atoms with Crippen LogP contribution in [-0.2, 0) is 6.42 Å². The molecular formula is C23H22N8O. The highest BCUT2D eigenvalue weighted by Gasteiger charge is 2.15. The summed E-state index contributed by atoms with van der Waals surface area (Å²) in [6.07, 6.45) is 7.48. The monoisotopic (exact) mass is 426 g/mol. The maximum Gasteiger partial charge on any atom is 0.254 e. The number of anilines is 3. The van der Waals surface area contributed by atoms with E-state index in [0.29, 0.717) is 24.1 Å². The van der Waals surface area contributed by atoms with E-state index in [0.717, 1.165) is 23.1 Å². The molecule has 4 aromatic rings. The van der Waals surface area contributed by atoms with Crippen molar-refractivity contribution in [2.75, 3.05) is 17.2 Å². The maximum atomic E-state index is 11.9. The van der Waals surface area contributed by atoms with E-state index in [2.05, 4.69) is 35.6 Å². The number of benzene rings is 1. The van der Waals surface area contributed by atoms with Gasteiger partial charge in [-0.3, -0.25) is 9.78 Å². The van der Waals surface area contributed by atoms with E-state index in [1.165, 1.54) is 6.20 Å². The summed E-state index contributed by atoms with van der Waals surface area (Å²) in [6.45, 7) is 2.51. The molecule has 9 nitrogen and oxygen atoms in total. The fraction of sp³-hybridized carbons (Fsp3) is 0.130. The zero-order chi connectivity index (χ0) is 22.3. The van der Waals surface area contributed by atoms with Gasteiger partial charge in [0.15, 0.2) is 5.82 Å². The molecule has 0 aliphatic carbocycles. The summed E-state index contributed by atoms with van der Waals surface area (Å²) in [5.41, 5.74) is 8.44. The molecule has 0 saturated carbocycles. The first-order valence-corrected chi connectivity index (χ1v) is 10.1. The number of amides is 1. The van der Waals surface area contributed by atoms with Gasteiger partial charge in [0.2, 0.25) is 5.95 Å². The largest absolute Gasteiger partial charge is 0.365 e. The molecule has 0 unspecified atom stereocenters. The van der Waals surface area contributed by atoms with Gasteiger partial charge < -0.3 is 16.4 Å².